The van der Waals surface area contributed by atoms with E-state index in [4.69, 9.17) is 4.74 Å². The first-order valence-electron chi connectivity index (χ1n) is 10.0. The van der Waals surface area contributed by atoms with E-state index in [1.54, 1.807) is 37.3 Å². The Hall–Kier alpha value is -2.92. The summed E-state index contributed by atoms with van der Waals surface area (Å²) in [5.41, 5.74) is 5.02. The lowest BCUT2D eigenvalue weighted by molar-refractivity contribution is -0.119. The summed E-state index contributed by atoms with van der Waals surface area (Å²) < 4.78 is 34.5. The fraction of sp³-hybridized carbons (Fsp3) is 0.167. The number of hydrogen-bond donors (Lipinski definition) is 1. The maximum Gasteiger partial charge on any atom is 0.264 e. The van der Waals surface area contributed by atoms with E-state index in [0.29, 0.717) is 11.5 Å². The van der Waals surface area contributed by atoms with E-state index in [-0.39, 0.29) is 10.6 Å². The minimum atomic E-state index is -4.05. The number of anilines is 1. The molecule has 0 atom stereocenters. The predicted octanol–water partition coefficient (Wildman–Crippen LogP) is 4.34. The lowest BCUT2D eigenvalue weighted by atomic mass is 10.1. The van der Waals surface area contributed by atoms with Crippen LogP contribution in [0.3, 0.4) is 0 Å². The molecule has 0 unspecified atom stereocenters. The number of benzene rings is 3. The number of halogens is 1. The van der Waals surface area contributed by atoms with Gasteiger partial charge in [-0.1, -0.05) is 36.4 Å². The van der Waals surface area contributed by atoms with Gasteiger partial charge in [0.2, 0.25) is 0 Å². The summed E-state index contributed by atoms with van der Waals surface area (Å²) in [6, 6.07) is 20.8. The van der Waals surface area contributed by atoms with Crippen LogP contribution in [0.15, 0.2) is 82.8 Å². The fourth-order valence-electron chi connectivity index (χ4n) is 3.08. The van der Waals surface area contributed by atoms with Crippen molar-refractivity contribution in [3.63, 3.8) is 0 Å². The van der Waals surface area contributed by atoms with E-state index >= 15 is 0 Å². The highest BCUT2D eigenvalue weighted by atomic mass is 127. The van der Waals surface area contributed by atoms with Crippen LogP contribution in [-0.4, -0.2) is 33.7 Å². The molecule has 0 heterocycles. The molecule has 1 amide bonds. The van der Waals surface area contributed by atoms with E-state index in [1.807, 2.05) is 37.3 Å². The number of hydrazone groups is 1. The molecular weight excluding hydrogens is 553 g/mol. The van der Waals surface area contributed by atoms with Crippen LogP contribution < -0.4 is 14.5 Å². The SMILES string of the molecule is COc1ccc(C)cc1N(CC(=O)N/N=C(/C)c1ccc(I)cc1)S(=O)(=O)c1ccccc1. The number of methoxy groups -OCH3 is 1. The Morgan fingerprint density at radius 1 is 1.06 bits per heavy atom. The summed E-state index contributed by atoms with van der Waals surface area (Å²) >= 11 is 2.21. The summed E-state index contributed by atoms with van der Waals surface area (Å²) in [6.07, 6.45) is 0. The molecule has 3 aromatic rings. The second kappa shape index (κ2) is 10.8. The first kappa shape index (κ1) is 24.7. The van der Waals surface area contributed by atoms with Crippen LogP contribution in [0.25, 0.3) is 0 Å². The number of carbonyl (C=O) groups excluding carboxylic acids is 1. The normalized spacial score (nSPS) is 11.7. The van der Waals surface area contributed by atoms with Gasteiger partial charge in [0.15, 0.2) is 0 Å². The summed E-state index contributed by atoms with van der Waals surface area (Å²) in [4.78, 5) is 12.9. The van der Waals surface area contributed by atoms with Gasteiger partial charge < -0.3 is 4.74 Å². The van der Waals surface area contributed by atoms with Crippen LogP contribution in [0.1, 0.15) is 18.1 Å². The molecule has 0 aliphatic heterocycles. The third-order valence-corrected chi connectivity index (χ3v) is 7.32. The smallest absolute Gasteiger partial charge is 0.264 e. The van der Waals surface area contributed by atoms with Gasteiger partial charge >= 0.3 is 0 Å². The number of rotatable bonds is 8. The van der Waals surface area contributed by atoms with Crippen molar-refractivity contribution in [1.82, 2.24) is 5.43 Å². The molecular formula is C24H24IN3O4S. The summed E-state index contributed by atoms with van der Waals surface area (Å²) in [6.45, 7) is 3.13. The van der Waals surface area contributed by atoms with Crippen LogP contribution >= 0.6 is 22.6 Å². The quantitative estimate of drug-likeness (QED) is 0.245. The molecule has 9 heteroatoms. The van der Waals surface area contributed by atoms with Crippen LogP contribution in [0.5, 0.6) is 5.75 Å². The van der Waals surface area contributed by atoms with Crippen LogP contribution in [-0.2, 0) is 14.8 Å². The van der Waals surface area contributed by atoms with Gasteiger partial charge in [-0.2, -0.15) is 5.10 Å². The highest BCUT2D eigenvalue weighted by molar-refractivity contribution is 14.1. The molecule has 1 N–H and O–H groups in total. The standard InChI is InChI=1S/C24H24IN3O4S/c1-17-9-14-23(32-3)22(15-17)28(33(30,31)21-7-5-4-6-8-21)16-24(29)27-26-18(2)19-10-12-20(25)13-11-19/h4-15H,16H2,1-3H3,(H,27,29)/b26-18-. The first-order valence-corrected chi connectivity index (χ1v) is 12.6. The molecule has 0 saturated carbocycles. The molecule has 0 radical (unpaired) electrons. The van der Waals surface area contributed by atoms with E-state index in [2.05, 4.69) is 33.1 Å². The van der Waals surface area contributed by atoms with Gasteiger partial charge in [0.1, 0.15) is 12.3 Å². The molecule has 0 aromatic heterocycles. The van der Waals surface area contributed by atoms with E-state index < -0.39 is 22.5 Å². The van der Waals surface area contributed by atoms with Gasteiger partial charge in [-0.05, 0) is 84.0 Å². The molecule has 3 rings (SSSR count). The van der Waals surface area contributed by atoms with Crippen molar-refractivity contribution in [3.05, 3.63) is 87.5 Å². The van der Waals surface area contributed by atoms with Gasteiger partial charge in [0, 0.05) is 3.57 Å². The molecule has 0 bridgehead atoms. The van der Waals surface area contributed by atoms with Crippen LogP contribution in [0.4, 0.5) is 5.69 Å². The Morgan fingerprint density at radius 3 is 2.36 bits per heavy atom. The Kier molecular flexibility index (Phi) is 8.09. The average molecular weight is 577 g/mol. The summed E-state index contributed by atoms with van der Waals surface area (Å²) in [5, 5.41) is 4.15. The van der Waals surface area contributed by atoms with Gasteiger partial charge in [-0.25, -0.2) is 13.8 Å². The summed E-state index contributed by atoms with van der Waals surface area (Å²) in [5.74, 6) is -0.241. The number of amides is 1. The molecule has 0 fully saturated rings. The van der Waals surface area contributed by atoms with Crippen molar-refractivity contribution in [2.45, 2.75) is 18.7 Å². The lowest BCUT2D eigenvalue weighted by Crippen LogP contribution is -2.40. The average Bonchev–Trinajstić information content (AvgIpc) is 2.82. The minimum Gasteiger partial charge on any atom is -0.495 e. The molecule has 7 nitrogen and oxygen atoms in total. The van der Waals surface area contributed by atoms with E-state index in [9.17, 15) is 13.2 Å². The van der Waals surface area contributed by atoms with Crippen molar-refractivity contribution >= 4 is 49.9 Å². The monoisotopic (exact) mass is 577 g/mol. The number of sulfonamides is 1. The zero-order chi connectivity index (χ0) is 24.0. The van der Waals surface area contributed by atoms with E-state index in [1.165, 1.54) is 19.2 Å². The maximum absolute atomic E-state index is 13.5. The van der Waals surface area contributed by atoms with Crippen molar-refractivity contribution < 1.29 is 17.9 Å². The molecule has 0 saturated heterocycles. The largest absolute Gasteiger partial charge is 0.495 e. The van der Waals surface area contributed by atoms with Crippen molar-refractivity contribution in [3.8, 4) is 5.75 Å². The molecule has 0 aliphatic carbocycles. The minimum absolute atomic E-state index is 0.0694. The van der Waals surface area contributed by atoms with Crippen LogP contribution in [0, 0.1) is 10.5 Å². The number of hydrogen-bond acceptors (Lipinski definition) is 5. The zero-order valence-electron chi connectivity index (χ0n) is 18.4. The molecule has 172 valence electrons. The second-order valence-corrected chi connectivity index (χ2v) is 10.3. The third-order valence-electron chi connectivity index (χ3n) is 4.83. The third kappa shape index (κ3) is 6.11. The number of nitrogens with zero attached hydrogens (tertiary/aromatic N) is 2. The summed E-state index contributed by atoms with van der Waals surface area (Å²) in [7, 11) is -2.60. The van der Waals surface area contributed by atoms with Gasteiger partial charge in [-0.3, -0.25) is 9.10 Å². The zero-order valence-corrected chi connectivity index (χ0v) is 21.4. The van der Waals surface area contributed by atoms with Gasteiger partial charge in [0.05, 0.1) is 23.4 Å². The molecule has 0 spiro atoms. The topological polar surface area (TPSA) is 88.1 Å². The molecule has 3 aromatic carbocycles. The first-order chi connectivity index (χ1) is 15.7. The molecule has 33 heavy (non-hydrogen) atoms. The highest BCUT2D eigenvalue weighted by Gasteiger charge is 2.29. The number of ether oxygens (including phenoxy) is 1. The maximum atomic E-state index is 13.5. The number of carbonyl (C=O) groups is 1. The van der Waals surface area contributed by atoms with Crippen molar-refractivity contribution in [2.75, 3.05) is 18.0 Å². The number of nitrogens with one attached hydrogen (secondary N) is 1. The second-order valence-electron chi connectivity index (χ2n) is 7.24. The lowest BCUT2D eigenvalue weighted by Gasteiger charge is -2.25. The molecule has 0 aliphatic rings. The predicted molar refractivity (Wildman–Crippen MR) is 138 cm³/mol. The van der Waals surface area contributed by atoms with E-state index in [0.717, 1.165) is 19.0 Å². The Morgan fingerprint density at radius 2 is 1.73 bits per heavy atom. The Bertz CT molecular complexity index is 1260. The van der Waals surface area contributed by atoms with Gasteiger partial charge in [-0.15, -0.1) is 0 Å². The van der Waals surface area contributed by atoms with Crippen molar-refractivity contribution in [2.24, 2.45) is 5.10 Å². The van der Waals surface area contributed by atoms with Crippen LogP contribution in [0.2, 0.25) is 0 Å². The highest BCUT2D eigenvalue weighted by Crippen LogP contribution is 2.33. The van der Waals surface area contributed by atoms with Crippen molar-refractivity contribution in [1.29, 1.82) is 0 Å². The Balaban J connectivity index is 1.93. The fourth-order valence-corrected chi connectivity index (χ4v) is 4.89. The Labute approximate surface area is 207 Å². The van der Waals surface area contributed by atoms with Gasteiger partial charge in [0.25, 0.3) is 15.9 Å². The number of aryl methyl sites for hydroxylation is 1.